The minimum atomic E-state index is -1.10. The standard InChI is InChI=1S/C37H40N2O7/c1-26(2)20-31(39-37(43)46-25-29-16-10-5-11-17-29)35(41)38-32(36(42)45-24-28-14-8-4-9-15-28)21-30-18-19-33(40)34(22-30)44-23-27-12-6-3-7-13-27/h3-19,22,26,31-32,40H,20-21,23-25H2,1-2H3,(H,38,41)(H,39,43)/t31-,32-/m0/s1. The highest BCUT2D eigenvalue weighted by molar-refractivity contribution is 5.89. The van der Waals surface area contributed by atoms with Crippen LogP contribution in [-0.4, -0.2) is 35.2 Å². The van der Waals surface area contributed by atoms with E-state index in [9.17, 15) is 19.5 Å². The van der Waals surface area contributed by atoms with Crippen LogP contribution in [-0.2, 0) is 45.3 Å². The summed E-state index contributed by atoms with van der Waals surface area (Å²) in [4.78, 5) is 39.7. The number of amides is 2. The molecule has 0 bridgehead atoms. The Morgan fingerprint density at radius 2 is 1.20 bits per heavy atom. The van der Waals surface area contributed by atoms with Crippen LogP contribution >= 0.6 is 0 Å². The van der Waals surface area contributed by atoms with Gasteiger partial charge in [-0.3, -0.25) is 4.79 Å². The van der Waals surface area contributed by atoms with Crippen molar-refractivity contribution in [2.24, 2.45) is 5.92 Å². The average molecular weight is 625 g/mol. The molecule has 9 nitrogen and oxygen atoms in total. The lowest BCUT2D eigenvalue weighted by Gasteiger charge is -2.24. The molecule has 2 atom stereocenters. The highest BCUT2D eigenvalue weighted by atomic mass is 16.5. The molecule has 0 spiro atoms. The second-order valence-corrected chi connectivity index (χ2v) is 11.3. The third-order valence-electron chi connectivity index (χ3n) is 7.05. The Morgan fingerprint density at radius 3 is 1.76 bits per heavy atom. The van der Waals surface area contributed by atoms with Crippen LogP contribution in [0.4, 0.5) is 4.79 Å². The maximum absolute atomic E-state index is 13.6. The molecule has 0 aliphatic heterocycles. The number of phenols is 1. The maximum atomic E-state index is 13.6. The van der Waals surface area contributed by atoms with E-state index in [2.05, 4.69) is 10.6 Å². The molecule has 0 saturated heterocycles. The van der Waals surface area contributed by atoms with Gasteiger partial charge < -0.3 is 30.0 Å². The van der Waals surface area contributed by atoms with Crippen LogP contribution in [0, 0.1) is 5.92 Å². The van der Waals surface area contributed by atoms with Crippen LogP contribution in [0.2, 0.25) is 0 Å². The Labute approximate surface area is 269 Å². The van der Waals surface area contributed by atoms with Crippen LogP contribution in [0.25, 0.3) is 0 Å². The van der Waals surface area contributed by atoms with Gasteiger partial charge in [-0.05, 0) is 46.7 Å². The maximum Gasteiger partial charge on any atom is 0.408 e. The van der Waals surface area contributed by atoms with E-state index in [1.165, 1.54) is 6.07 Å². The molecule has 9 heteroatoms. The Hall–Kier alpha value is -5.31. The van der Waals surface area contributed by atoms with Crippen molar-refractivity contribution < 1.29 is 33.7 Å². The third kappa shape index (κ3) is 11.0. The van der Waals surface area contributed by atoms with Crippen LogP contribution in [0.15, 0.2) is 109 Å². The summed E-state index contributed by atoms with van der Waals surface area (Å²) in [5.74, 6) is -0.958. The van der Waals surface area contributed by atoms with Crippen LogP contribution < -0.4 is 15.4 Å². The number of carbonyl (C=O) groups excluding carboxylic acids is 3. The van der Waals surface area contributed by atoms with Crippen LogP contribution in [0.3, 0.4) is 0 Å². The highest BCUT2D eigenvalue weighted by Crippen LogP contribution is 2.28. The van der Waals surface area contributed by atoms with Gasteiger partial charge in [0, 0.05) is 6.42 Å². The Morgan fingerprint density at radius 1 is 0.652 bits per heavy atom. The molecule has 0 radical (unpaired) electrons. The number of rotatable bonds is 15. The van der Waals surface area contributed by atoms with Gasteiger partial charge in [-0.15, -0.1) is 0 Å². The number of aromatic hydroxyl groups is 1. The summed E-state index contributed by atoms with van der Waals surface area (Å²) in [5, 5.41) is 15.9. The quantitative estimate of drug-likeness (QED) is 0.137. The lowest BCUT2D eigenvalue weighted by molar-refractivity contribution is -0.149. The Bertz CT molecular complexity index is 1550. The number of nitrogens with one attached hydrogen (secondary N) is 2. The van der Waals surface area contributed by atoms with Gasteiger partial charge in [-0.25, -0.2) is 9.59 Å². The molecule has 240 valence electrons. The summed E-state index contributed by atoms with van der Waals surface area (Å²) in [6, 6.07) is 30.7. The molecule has 46 heavy (non-hydrogen) atoms. The molecule has 0 unspecified atom stereocenters. The topological polar surface area (TPSA) is 123 Å². The van der Waals surface area contributed by atoms with Crippen LogP contribution in [0.1, 0.15) is 42.5 Å². The zero-order valence-corrected chi connectivity index (χ0v) is 26.1. The molecule has 4 aromatic rings. The Kier molecular flexibility index (Phi) is 12.6. The van der Waals surface area contributed by atoms with E-state index in [0.717, 1.165) is 16.7 Å². The van der Waals surface area contributed by atoms with Crippen molar-refractivity contribution >= 4 is 18.0 Å². The van der Waals surface area contributed by atoms with E-state index in [0.29, 0.717) is 12.0 Å². The second kappa shape index (κ2) is 17.2. The first-order valence-electron chi connectivity index (χ1n) is 15.2. The van der Waals surface area contributed by atoms with Gasteiger partial charge in [0.05, 0.1) is 0 Å². The molecule has 0 aromatic heterocycles. The van der Waals surface area contributed by atoms with Gasteiger partial charge in [-0.1, -0.05) is 111 Å². The van der Waals surface area contributed by atoms with E-state index in [-0.39, 0.29) is 43.7 Å². The van der Waals surface area contributed by atoms with Crippen molar-refractivity contribution in [2.45, 2.75) is 58.6 Å². The van der Waals surface area contributed by atoms with Crippen molar-refractivity contribution in [3.8, 4) is 11.5 Å². The summed E-state index contributed by atoms with van der Waals surface area (Å²) < 4.78 is 16.8. The van der Waals surface area contributed by atoms with Gasteiger partial charge in [-0.2, -0.15) is 0 Å². The molecule has 4 aromatic carbocycles. The number of alkyl carbamates (subject to hydrolysis) is 1. The molecular formula is C37H40N2O7. The summed E-state index contributed by atoms with van der Waals surface area (Å²) in [5.41, 5.74) is 3.15. The third-order valence-corrected chi connectivity index (χ3v) is 7.05. The summed E-state index contributed by atoms with van der Waals surface area (Å²) in [6.45, 7) is 4.16. The second-order valence-electron chi connectivity index (χ2n) is 11.3. The normalized spacial score (nSPS) is 12.1. The largest absolute Gasteiger partial charge is 0.504 e. The average Bonchev–Trinajstić information content (AvgIpc) is 3.07. The van der Waals surface area contributed by atoms with Crippen molar-refractivity contribution in [3.05, 3.63) is 131 Å². The number of carbonyl (C=O) groups is 3. The van der Waals surface area contributed by atoms with E-state index in [1.54, 1.807) is 12.1 Å². The number of esters is 1. The van der Waals surface area contributed by atoms with Gasteiger partial charge in [0.1, 0.15) is 31.9 Å². The summed E-state index contributed by atoms with van der Waals surface area (Å²) >= 11 is 0. The first-order valence-corrected chi connectivity index (χ1v) is 15.2. The molecule has 0 saturated carbocycles. The fourth-order valence-corrected chi connectivity index (χ4v) is 4.68. The minimum Gasteiger partial charge on any atom is -0.504 e. The number of ether oxygens (including phenoxy) is 3. The zero-order valence-electron chi connectivity index (χ0n) is 26.1. The highest BCUT2D eigenvalue weighted by Gasteiger charge is 2.29. The molecule has 0 aliphatic carbocycles. The molecule has 0 heterocycles. The number of hydrogen-bond acceptors (Lipinski definition) is 7. The first kappa shape index (κ1) is 33.6. The monoisotopic (exact) mass is 624 g/mol. The summed E-state index contributed by atoms with van der Waals surface area (Å²) in [6.07, 6.45) is -0.380. The minimum absolute atomic E-state index is 0.0204. The van der Waals surface area contributed by atoms with Crippen molar-refractivity contribution in [2.75, 3.05) is 0 Å². The molecular weight excluding hydrogens is 584 g/mol. The van der Waals surface area contributed by atoms with Crippen LogP contribution in [0.5, 0.6) is 11.5 Å². The molecule has 2 amide bonds. The first-order chi connectivity index (χ1) is 22.3. The number of benzene rings is 4. The van der Waals surface area contributed by atoms with Crippen molar-refractivity contribution in [1.82, 2.24) is 10.6 Å². The fourth-order valence-electron chi connectivity index (χ4n) is 4.68. The van der Waals surface area contributed by atoms with Gasteiger partial charge >= 0.3 is 12.1 Å². The predicted molar refractivity (Wildman–Crippen MR) is 174 cm³/mol. The van der Waals surface area contributed by atoms with E-state index in [1.807, 2.05) is 105 Å². The van der Waals surface area contributed by atoms with E-state index >= 15 is 0 Å². The smallest absolute Gasteiger partial charge is 0.408 e. The lowest BCUT2D eigenvalue weighted by Crippen LogP contribution is -2.53. The number of phenolic OH excluding ortho intramolecular Hbond substituents is 1. The van der Waals surface area contributed by atoms with Gasteiger partial charge in [0.2, 0.25) is 5.91 Å². The van der Waals surface area contributed by atoms with E-state index in [4.69, 9.17) is 14.2 Å². The molecule has 3 N–H and O–H groups in total. The Balaban J connectivity index is 1.48. The van der Waals surface area contributed by atoms with Gasteiger partial charge in [0.15, 0.2) is 11.5 Å². The summed E-state index contributed by atoms with van der Waals surface area (Å²) in [7, 11) is 0. The SMILES string of the molecule is CC(C)C[C@H](NC(=O)OCc1ccccc1)C(=O)N[C@@H](Cc1ccc(O)c(OCc2ccccc2)c1)C(=O)OCc1ccccc1. The molecule has 0 aliphatic rings. The van der Waals surface area contributed by atoms with E-state index < -0.39 is 30.1 Å². The molecule has 0 fully saturated rings. The number of hydrogen-bond donors (Lipinski definition) is 3. The van der Waals surface area contributed by atoms with Crippen molar-refractivity contribution in [3.63, 3.8) is 0 Å². The fraction of sp³-hybridized carbons (Fsp3) is 0.270. The predicted octanol–water partition coefficient (Wildman–Crippen LogP) is 6.08. The van der Waals surface area contributed by atoms with Gasteiger partial charge in [0.25, 0.3) is 0 Å². The van der Waals surface area contributed by atoms with Crippen molar-refractivity contribution in [1.29, 1.82) is 0 Å². The lowest BCUT2D eigenvalue weighted by atomic mass is 10.0. The molecule has 4 rings (SSSR count). The zero-order chi connectivity index (χ0) is 32.7.